The van der Waals surface area contributed by atoms with E-state index >= 15 is 0 Å². The fourth-order valence-corrected chi connectivity index (χ4v) is 5.24. The van der Waals surface area contributed by atoms with Gasteiger partial charge in [0.25, 0.3) is 10.0 Å². The summed E-state index contributed by atoms with van der Waals surface area (Å²) in [6.07, 6.45) is 1.49. The van der Waals surface area contributed by atoms with Crippen molar-refractivity contribution in [2.75, 3.05) is 25.5 Å². The van der Waals surface area contributed by atoms with Gasteiger partial charge in [0.05, 0.1) is 12.2 Å². The summed E-state index contributed by atoms with van der Waals surface area (Å²) in [5.74, 6) is 0.383. The summed E-state index contributed by atoms with van der Waals surface area (Å²) in [4.78, 5) is 4.98. The molecular weight excluding hydrogens is 312 g/mol. The quantitative estimate of drug-likeness (QED) is 0.916. The molecule has 7 nitrogen and oxygen atoms in total. The van der Waals surface area contributed by atoms with Gasteiger partial charge in [0.15, 0.2) is 15.8 Å². The van der Waals surface area contributed by atoms with Crippen molar-refractivity contribution in [1.29, 1.82) is 0 Å². The second-order valence-electron chi connectivity index (χ2n) is 5.15. The highest BCUT2D eigenvalue weighted by Gasteiger charge is 2.36. The van der Waals surface area contributed by atoms with E-state index in [2.05, 4.69) is 10.3 Å². The van der Waals surface area contributed by atoms with Gasteiger partial charge in [0.2, 0.25) is 0 Å². The largest absolute Gasteiger partial charge is 0.373 e. The van der Waals surface area contributed by atoms with Crippen LogP contribution in [0.15, 0.2) is 16.6 Å². The SMILES string of the molecule is CNc1nc2sccn2c1S(=O)(=O)N1CC(C)OC(C)C1. The standard InChI is InChI=1S/C12H18N4O3S2/c1-8-6-15(7-9(2)19-8)21(17,18)11-10(13-3)14-12-16(11)4-5-20-12/h4-5,8-9,13H,6-7H2,1-3H3. The van der Waals surface area contributed by atoms with Crippen molar-refractivity contribution in [3.05, 3.63) is 11.6 Å². The minimum absolute atomic E-state index is 0.118. The van der Waals surface area contributed by atoms with Crippen LogP contribution >= 0.6 is 11.3 Å². The van der Waals surface area contributed by atoms with Gasteiger partial charge in [-0.25, -0.2) is 13.4 Å². The van der Waals surface area contributed by atoms with E-state index in [1.54, 1.807) is 17.6 Å². The molecular formula is C12H18N4O3S2. The Morgan fingerprint density at radius 2 is 2.05 bits per heavy atom. The van der Waals surface area contributed by atoms with Crippen LogP contribution in [0.4, 0.5) is 5.82 Å². The molecule has 1 aliphatic heterocycles. The van der Waals surface area contributed by atoms with Gasteiger partial charge >= 0.3 is 0 Å². The van der Waals surface area contributed by atoms with Crippen LogP contribution in [0.25, 0.3) is 4.96 Å². The number of morpholine rings is 1. The Labute approximate surface area is 127 Å². The number of fused-ring (bicyclic) bond motifs is 1. The monoisotopic (exact) mass is 330 g/mol. The molecule has 1 saturated heterocycles. The van der Waals surface area contributed by atoms with Crippen molar-refractivity contribution < 1.29 is 13.2 Å². The Morgan fingerprint density at radius 3 is 2.67 bits per heavy atom. The normalized spacial score (nSPS) is 24.5. The first-order chi connectivity index (χ1) is 9.93. The van der Waals surface area contributed by atoms with Crippen LogP contribution in [0, 0.1) is 0 Å². The fraction of sp³-hybridized carbons (Fsp3) is 0.583. The van der Waals surface area contributed by atoms with E-state index in [-0.39, 0.29) is 17.2 Å². The molecule has 0 amide bonds. The molecule has 2 atom stereocenters. The zero-order chi connectivity index (χ0) is 15.2. The number of thiazole rings is 1. The van der Waals surface area contributed by atoms with Crippen LogP contribution in [-0.2, 0) is 14.8 Å². The molecule has 1 fully saturated rings. The molecule has 9 heteroatoms. The molecule has 21 heavy (non-hydrogen) atoms. The lowest BCUT2D eigenvalue weighted by molar-refractivity contribution is -0.0441. The van der Waals surface area contributed by atoms with Gasteiger partial charge in [-0.1, -0.05) is 0 Å². The van der Waals surface area contributed by atoms with E-state index in [4.69, 9.17) is 4.74 Å². The topological polar surface area (TPSA) is 75.9 Å². The molecule has 3 heterocycles. The van der Waals surface area contributed by atoms with Gasteiger partial charge in [-0.3, -0.25) is 4.40 Å². The van der Waals surface area contributed by atoms with Crippen molar-refractivity contribution in [3.8, 4) is 0 Å². The summed E-state index contributed by atoms with van der Waals surface area (Å²) in [7, 11) is -1.95. The second kappa shape index (κ2) is 5.24. The van der Waals surface area contributed by atoms with E-state index < -0.39 is 10.0 Å². The third-order valence-electron chi connectivity index (χ3n) is 3.43. The molecule has 0 radical (unpaired) electrons. The lowest BCUT2D eigenvalue weighted by Gasteiger charge is -2.34. The van der Waals surface area contributed by atoms with Crippen LogP contribution in [-0.4, -0.2) is 54.5 Å². The molecule has 116 valence electrons. The predicted octanol–water partition coefficient (Wildman–Crippen LogP) is 1.24. The number of hydrogen-bond acceptors (Lipinski definition) is 6. The summed E-state index contributed by atoms with van der Waals surface area (Å²) >= 11 is 1.41. The average molecular weight is 330 g/mol. The van der Waals surface area contributed by atoms with Gasteiger partial charge in [0.1, 0.15) is 0 Å². The number of aromatic nitrogens is 2. The smallest absolute Gasteiger partial charge is 0.263 e. The third kappa shape index (κ3) is 2.44. The number of rotatable bonds is 3. The highest BCUT2D eigenvalue weighted by Crippen LogP contribution is 2.29. The summed E-state index contributed by atoms with van der Waals surface area (Å²) in [5.41, 5.74) is 0. The number of imidazole rings is 1. The highest BCUT2D eigenvalue weighted by atomic mass is 32.2. The van der Waals surface area contributed by atoms with Crippen LogP contribution < -0.4 is 5.32 Å². The van der Waals surface area contributed by atoms with E-state index in [9.17, 15) is 8.42 Å². The van der Waals surface area contributed by atoms with Gasteiger partial charge in [-0.15, -0.1) is 11.3 Å². The minimum atomic E-state index is -3.63. The average Bonchev–Trinajstić information content (AvgIpc) is 2.96. The molecule has 1 N–H and O–H groups in total. The predicted molar refractivity (Wildman–Crippen MR) is 81.4 cm³/mol. The Bertz CT molecular complexity index is 742. The van der Waals surface area contributed by atoms with Crippen LogP contribution in [0.5, 0.6) is 0 Å². The van der Waals surface area contributed by atoms with E-state index in [1.165, 1.54) is 15.6 Å². The van der Waals surface area contributed by atoms with Crippen molar-refractivity contribution >= 4 is 32.1 Å². The van der Waals surface area contributed by atoms with E-state index in [0.29, 0.717) is 23.9 Å². The summed E-state index contributed by atoms with van der Waals surface area (Å²) in [5, 5.41) is 4.90. The maximum absolute atomic E-state index is 13.0. The van der Waals surface area contributed by atoms with E-state index in [0.717, 1.165) is 0 Å². The van der Waals surface area contributed by atoms with Crippen molar-refractivity contribution in [3.63, 3.8) is 0 Å². The molecule has 2 aromatic rings. The molecule has 0 spiro atoms. The highest BCUT2D eigenvalue weighted by molar-refractivity contribution is 7.89. The molecule has 0 saturated carbocycles. The fourth-order valence-electron chi connectivity index (χ4n) is 2.62. The number of hydrogen-bond donors (Lipinski definition) is 1. The number of nitrogens with zero attached hydrogens (tertiary/aromatic N) is 3. The van der Waals surface area contributed by atoms with Gasteiger partial charge in [-0.2, -0.15) is 4.31 Å². The zero-order valence-electron chi connectivity index (χ0n) is 12.1. The Hall–Kier alpha value is -1.16. The lowest BCUT2D eigenvalue weighted by atomic mass is 10.3. The summed E-state index contributed by atoms with van der Waals surface area (Å²) in [6.45, 7) is 4.47. The first-order valence-corrected chi connectivity index (χ1v) is 9.04. The summed E-state index contributed by atoms with van der Waals surface area (Å²) in [6, 6.07) is 0. The first-order valence-electron chi connectivity index (χ1n) is 6.72. The number of ether oxygens (including phenoxy) is 1. The maximum atomic E-state index is 13.0. The third-order valence-corrected chi connectivity index (χ3v) is 6.04. The minimum Gasteiger partial charge on any atom is -0.373 e. The zero-order valence-corrected chi connectivity index (χ0v) is 13.7. The molecule has 0 bridgehead atoms. The molecule has 1 aliphatic rings. The first kappa shape index (κ1) is 14.8. The van der Waals surface area contributed by atoms with E-state index in [1.807, 2.05) is 19.2 Å². The van der Waals surface area contributed by atoms with Crippen molar-refractivity contribution in [1.82, 2.24) is 13.7 Å². The number of anilines is 1. The Balaban J connectivity index is 2.09. The molecule has 3 rings (SSSR count). The number of nitrogens with one attached hydrogen (secondary N) is 1. The van der Waals surface area contributed by atoms with Gasteiger partial charge in [-0.05, 0) is 13.8 Å². The molecule has 2 aromatic heterocycles. The van der Waals surface area contributed by atoms with Crippen LogP contribution in [0.1, 0.15) is 13.8 Å². The molecule has 2 unspecified atom stereocenters. The summed E-state index contributed by atoms with van der Waals surface area (Å²) < 4.78 is 34.7. The Kier molecular flexibility index (Phi) is 3.68. The number of sulfonamides is 1. The van der Waals surface area contributed by atoms with Crippen LogP contribution in [0.2, 0.25) is 0 Å². The second-order valence-corrected chi connectivity index (χ2v) is 7.88. The maximum Gasteiger partial charge on any atom is 0.263 e. The van der Waals surface area contributed by atoms with Gasteiger partial charge < -0.3 is 10.1 Å². The lowest BCUT2D eigenvalue weighted by Crippen LogP contribution is -2.48. The molecule has 0 aliphatic carbocycles. The molecule has 0 aromatic carbocycles. The van der Waals surface area contributed by atoms with Crippen molar-refractivity contribution in [2.24, 2.45) is 0 Å². The Morgan fingerprint density at radius 1 is 1.38 bits per heavy atom. The van der Waals surface area contributed by atoms with Crippen LogP contribution in [0.3, 0.4) is 0 Å². The van der Waals surface area contributed by atoms with Gasteiger partial charge in [0, 0.05) is 31.7 Å². The van der Waals surface area contributed by atoms with Crippen molar-refractivity contribution in [2.45, 2.75) is 31.1 Å².